The molecule has 1 N–H and O–H groups in total. The standard InChI is InChI=1S/C19H17N5O/c1-19(11-14-20-7-9-23(14)2)13-6-4-3-5-12(13)15-16(19)24-10-8-21-17(24)18(25)22-15/h3-10H,11H2,1-2H3,(H,22,25). The van der Waals surface area contributed by atoms with Crippen LogP contribution in [0.5, 0.6) is 0 Å². The van der Waals surface area contributed by atoms with Gasteiger partial charge < -0.3 is 9.55 Å². The number of aromatic nitrogens is 5. The van der Waals surface area contributed by atoms with E-state index in [9.17, 15) is 4.79 Å². The van der Waals surface area contributed by atoms with Gasteiger partial charge in [-0.3, -0.25) is 9.20 Å². The van der Waals surface area contributed by atoms with Gasteiger partial charge >= 0.3 is 0 Å². The van der Waals surface area contributed by atoms with Gasteiger partial charge in [0.15, 0.2) is 0 Å². The number of aryl methyl sites for hydroxylation is 1. The number of fused-ring (bicyclic) bond motifs is 5. The maximum atomic E-state index is 12.4. The Bertz CT molecular complexity index is 1180. The monoisotopic (exact) mass is 331 g/mol. The molecular weight excluding hydrogens is 314 g/mol. The van der Waals surface area contributed by atoms with E-state index in [1.165, 1.54) is 5.56 Å². The fraction of sp³-hybridized carbons (Fsp3) is 0.211. The van der Waals surface area contributed by atoms with Crippen LogP contribution in [0.3, 0.4) is 0 Å². The SMILES string of the molecule is Cn1ccnc1CC1(C)c2ccccc2-c2[nH]c(=O)c3nccn3c21. The fourth-order valence-electron chi connectivity index (χ4n) is 4.11. The molecule has 1 aromatic carbocycles. The van der Waals surface area contributed by atoms with Crippen molar-refractivity contribution >= 4 is 5.65 Å². The highest BCUT2D eigenvalue weighted by Crippen LogP contribution is 2.48. The summed E-state index contributed by atoms with van der Waals surface area (Å²) in [4.78, 5) is 24.3. The minimum atomic E-state index is -0.311. The third-order valence-corrected chi connectivity index (χ3v) is 5.31. The van der Waals surface area contributed by atoms with Gasteiger partial charge in [-0.2, -0.15) is 0 Å². The van der Waals surface area contributed by atoms with Crippen LogP contribution in [0.2, 0.25) is 0 Å². The van der Waals surface area contributed by atoms with Gasteiger partial charge in [0.2, 0.25) is 5.65 Å². The van der Waals surface area contributed by atoms with E-state index in [2.05, 4.69) is 34.0 Å². The van der Waals surface area contributed by atoms with Crippen molar-refractivity contribution in [2.75, 3.05) is 0 Å². The number of nitrogens with one attached hydrogen (secondary N) is 1. The molecule has 0 radical (unpaired) electrons. The molecule has 0 bridgehead atoms. The summed E-state index contributed by atoms with van der Waals surface area (Å²) in [7, 11) is 2.01. The van der Waals surface area contributed by atoms with E-state index in [0.29, 0.717) is 5.65 Å². The van der Waals surface area contributed by atoms with Crippen molar-refractivity contribution in [3.63, 3.8) is 0 Å². The van der Waals surface area contributed by atoms with Gasteiger partial charge in [0.05, 0.1) is 11.4 Å². The van der Waals surface area contributed by atoms with Gasteiger partial charge in [0, 0.05) is 49.2 Å². The van der Waals surface area contributed by atoms with Gasteiger partial charge in [0.1, 0.15) is 5.82 Å². The Balaban J connectivity index is 1.87. The fourth-order valence-corrected chi connectivity index (χ4v) is 4.11. The molecule has 4 aromatic rings. The zero-order valence-corrected chi connectivity index (χ0v) is 14.0. The van der Waals surface area contributed by atoms with E-state index in [1.807, 2.05) is 46.7 Å². The number of benzene rings is 1. The Labute approximate surface area is 143 Å². The molecule has 1 atom stereocenters. The van der Waals surface area contributed by atoms with Gasteiger partial charge in [-0.15, -0.1) is 0 Å². The number of H-pyrrole nitrogens is 1. The van der Waals surface area contributed by atoms with Crippen molar-refractivity contribution < 1.29 is 0 Å². The molecule has 1 unspecified atom stereocenters. The minimum Gasteiger partial charge on any atom is -0.338 e. The van der Waals surface area contributed by atoms with E-state index in [4.69, 9.17) is 0 Å². The minimum absolute atomic E-state index is 0.167. The maximum absolute atomic E-state index is 12.4. The number of aromatic amines is 1. The molecule has 0 amide bonds. The first-order chi connectivity index (χ1) is 12.1. The van der Waals surface area contributed by atoms with Crippen molar-refractivity contribution in [2.24, 2.45) is 7.05 Å². The normalized spacial score (nSPS) is 18.5. The number of hydrogen-bond acceptors (Lipinski definition) is 3. The molecule has 0 saturated carbocycles. The summed E-state index contributed by atoms with van der Waals surface area (Å²) in [5, 5.41) is 0. The number of rotatable bonds is 2. The van der Waals surface area contributed by atoms with Crippen molar-refractivity contribution in [1.29, 1.82) is 0 Å². The highest BCUT2D eigenvalue weighted by Gasteiger charge is 2.43. The molecule has 0 aliphatic heterocycles. The Hall–Kier alpha value is -3.15. The van der Waals surface area contributed by atoms with Crippen molar-refractivity contribution in [3.05, 3.63) is 76.5 Å². The molecule has 0 fully saturated rings. The molecule has 6 nitrogen and oxygen atoms in total. The largest absolute Gasteiger partial charge is 0.338 e. The summed E-state index contributed by atoms with van der Waals surface area (Å²) in [6, 6.07) is 8.26. The lowest BCUT2D eigenvalue weighted by atomic mass is 9.79. The van der Waals surface area contributed by atoms with Gasteiger partial charge in [-0.1, -0.05) is 24.3 Å². The summed E-state index contributed by atoms with van der Waals surface area (Å²) in [5.41, 5.74) is 4.16. The highest BCUT2D eigenvalue weighted by atomic mass is 16.1. The van der Waals surface area contributed by atoms with Gasteiger partial charge in [-0.05, 0) is 12.5 Å². The lowest BCUT2D eigenvalue weighted by molar-refractivity contribution is 0.529. The third-order valence-electron chi connectivity index (χ3n) is 5.31. The van der Waals surface area contributed by atoms with Crippen molar-refractivity contribution in [1.82, 2.24) is 23.9 Å². The Morgan fingerprint density at radius 1 is 1.16 bits per heavy atom. The van der Waals surface area contributed by atoms with Crippen LogP contribution >= 0.6 is 0 Å². The first-order valence-corrected chi connectivity index (χ1v) is 8.25. The Morgan fingerprint density at radius 3 is 2.76 bits per heavy atom. The zero-order chi connectivity index (χ0) is 17.2. The Kier molecular flexibility index (Phi) is 2.67. The van der Waals surface area contributed by atoms with Crippen molar-refractivity contribution in [2.45, 2.75) is 18.8 Å². The predicted octanol–water partition coefficient (Wildman–Crippen LogP) is 2.29. The lowest BCUT2D eigenvalue weighted by Crippen LogP contribution is -2.29. The van der Waals surface area contributed by atoms with Gasteiger partial charge in [0.25, 0.3) is 5.56 Å². The summed E-state index contributed by atoms with van der Waals surface area (Å²) < 4.78 is 3.97. The molecule has 6 heteroatoms. The summed E-state index contributed by atoms with van der Waals surface area (Å²) in [5.74, 6) is 1.00. The van der Waals surface area contributed by atoms with E-state index < -0.39 is 0 Å². The molecule has 1 aliphatic carbocycles. The first-order valence-electron chi connectivity index (χ1n) is 8.25. The van der Waals surface area contributed by atoms with E-state index >= 15 is 0 Å². The molecule has 5 rings (SSSR count). The summed E-state index contributed by atoms with van der Waals surface area (Å²) in [6.07, 6.45) is 8.06. The average molecular weight is 331 g/mol. The number of imidazole rings is 2. The number of hydrogen-bond donors (Lipinski definition) is 1. The van der Waals surface area contributed by atoms with Crippen LogP contribution in [-0.2, 0) is 18.9 Å². The van der Waals surface area contributed by atoms with Crippen LogP contribution in [0, 0.1) is 0 Å². The molecule has 25 heavy (non-hydrogen) atoms. The first kappa shape index (κ1) is 14.2. The molecule has 0 spiro atoms. The van der Waals surface area contributed by atoms with Crippen LogP contribution in [0.25, 0.3) is 16.9 Å². The molecule has 0 saturated heterocycles. The zero-order valence-electron chi connectivity index (χ0n) is 14.0. The molecule has 3 aromatic heterocycles. The van der Waals surface area contributed by atoms with Crippen LogP contribution in [0.15, 0.2) is 53.8 Å². The smallest absolute Gasteiger partial charge is 0.292 e. The lowest BCUT2D eigenvalue weighted by Gasteiger charge is -2.27. The average Bonchev–Trinajstić information content (AvgIpc) is 3.29. The van der Waals surface area contributed by atoms with Crippen LogP contribution in [0.1, 0.15) is 24.0 Å². The van der Waals surface area contributed by atoms with E-state index in [-0.39, 0.29) is 11.0 Å². The predicted molar refractivity (Wildman–Crippen MR) is 94.6 cm³/mol. The molecule has 1 aliphatic rings. The van der Waals surface area contributed by atoms with E-state index in [1.54, 1.807) is 6.20 Å². The molecule has 124 valence electrons. The third kappa shape index (κ3) is 1.76. The summed E-state index contributed by atoms with van der Waals surface area (Å²) in [6.45, 7) is 2.21. The summed E-state index contributed by atoms with van der Waals surface area (Å²) >= 11 is 0. The Morgan fingerprint density at radius 2 is 1.96 bits per heavy atom. The van der Waals surface area contributed by atoms with Crippen molar-refractivity contribution in [3.8, 4) is 11.3 Å². The second kappa shape index (κ2) is 4.69. The van der Waals surface area contributed by atoms with Gasteiger partial charge in [-0.25, -0.2) is 9.97 Å². The topological polar surface area (TPSA) is 68.0 Å². The molecular formula is C19H17N5O. The van der Waals surface area contributed by atoms with Crippen LogP contribution < -0.4 is 5.56 Å². The quantitative estimate of drug-likeness (QED) is 0.613. The van der Waals surface area contributed by atoms with Crippen LogP contribution in [-0.4, -0.2) is 23.9 Å². The van der Waals surface area contributed by atoms with Crippen LogP contribution in [0.4, 0.5) is 0 Å². The second-order valence-electron chi connectivity index (χ2n) is 6.81. The highest BCUT2D eigenvalue weighted by molar-refractivity contribution is 5.77. The van der Waals surface area contributed by atoms with E-state index in [0.717, 1.165) is 29.2 Å². The maximum Gasteiger partial charge on any atom is 0.292 e. The number of nitrogens with zero attached hydrogens (tertiary/aromatic N) is 4. The molecule has 3 heterocycles. The second-order valence-corrected chi connectivity index (χ2v) is 6.81.